The lowest BCUT2D eigenvalue weighted by atomic mass is 10.0. The Hall–Kier alpha value is -1.81. The second-order valence-electron chi connectivity index (χ2n) is 4.37. The topological polar surface area (TPSA) is 79.1 Å². The lowest BCUT2D eigenvalue weighted by molar-refractivity contribution is -0.138. The van der Waals surface area contributed by atoms with Crippen LogP contribution in [0.15, 0.2) is 18.2 Å². The molecule has 4 nitrogen and oxygen atoms in total. The highest BCUT2D eigenvalue weighted by molar-refractivity contribution is 5.88. The van der Waals surface area contributed by atoms with Crippen molar-refractivity contribution >= 4 is 16.9 Å². The van der Waals surface area contributed by atoms with Crippen LogP contribution in [-0.4, -0.2) is 22.1 Å². The van der Waals surface area contributed by atoms with Crippen molar-refractivity contribution in [2.75, 3.05) is 0 Å². The van der Waals surface area contributed by atoms with Gasteiger partial charge < -0.3 is 15.8 Å². The zero-order valence-electron chi connectivity index (χ0n) is 9.95. The highest BCUT2D eigenvalue weighted by Gasteiger charge is 2.17. The summed E-state index contributed by atoms with van der Waals surface area (Å²) >= 11 is 0. The van der Waals surface area contributed by atoms with Crippen LogP contribution in [0.3, 0.4) is 0 Å². The SMILES string of the molecule is Cc1[nH]c2cccc(C)c2c1CC(N)C(=O)O. The molecular formula is C13H16N2O2. The molecule has 0 saturated carbocycles. The number of fused-ring (bicyclic) bond motifs is 1. The van der Waals surface area contributed by atoms with E-state index in [1.165, 1.54) is 0 Å². The summed E-state index contributed by atoms with van der Waals surface area (Å²) in [4.78, 5) is 14.1. The van der Waals surface area contributed by atoms with E-state index in [0.29, 0.717) is 6.42 Å². The number of carboxylic acid groups (broad SMARTS) is 1. The summed E-state index contributed by atoms with van der Waals surface area (Å²) < 4.78 is 0. The Bertz CT molecular complexity index is 572. The Morgan fingerprint density at radius 1 is 1.47 bits per heavy atom. The number of rotatable bonds is 3. The Kier molecular flexibility index (Phi) is 2.90. The van der Waals surface area contributed by atoms with Crippen molar-refractivity contribution < 1.29 is 9.90 Å². The molecule has 0 saturated heterocycles. The Morgan fingerprint density at radius 2 is 2.18 bits per heavy atom. The monoisotopic (exact) mass is 232 g/mol. The molecule has 0 fully saturated rings. The quantitative estimate of drug-likeness (QED) is 0.754. The lowest BCUT2D eigenvalue weighted by Crippen LogP contribution is -2.32. The molecule has 0 spiro atoms. The van der Waals surface area contributed by atoms with Crippen LogP contribution in [0.4, 0.5) is 0 Å². The molecule has 1 aromatic carbocycles. The number of aryl methyl sites for hydroxylation is 2. The molecule has 0 aliphatic rings. The summed E-state index contributed by atoms with van der Waals surface area (Å²) in [5.41, 5.74) is 9.78. The highest BCUT2D eigenvalue weighted by atomic mass is 16.4. The number of aliphatic carboxylic acids is 1. The van der Waals surface area contributed by atoms with Crippen LogP contribution in [-0.2, 0) is 11.2 Å². The predicted molar refractivity (Wildman–Crippen MR) is 67.1 cm³/mol. The third-order valence-corrected chi connectivity index (χ3v) is 3.09. The van der Waals surface area contributed by atoms with Gasteiger partial charge in [0.15, 0.2) is 0 Å². The van der Waals surface area contributed by atoms with Gasteiger partial charge >= 0.3 is 5.97 Å². The predicted octanol–water partition coefficient (Wildman–Crippen LogP) is 1.74. The first-order chi connectivity index (χ1) is 8.00. The molecule has 90 valence electrons. The number of aromatic nitrogens is 1. The summed E-state index contributed by atoms with van der Waals surface area (Å²) in [7, 11) is 0. The second-order valence-corrected chi connectivity index (χ2v) is 4.37. The van der Waals surface area contributed by atoms with Crippen molar-refractivity contribution in [2.24, 2.45) is 5.73 Å². The molecule has 4 N–H and O–H groups in total. The van der Waals surface area contributed by atoms with Crippen molar-refractivity contribution in [1.29, 1.82) is 0 Å². The first-order valence-corrected chi connectivity index (χ1v) is 5.56. The molecule has 1 heterocycles. The molecule has 4 heteroatoms. The third kappa shape index (κ3) is 2.03. The molecule has 0 radical (unpaired) electrons. The van der Waals surface area contributed by atoms with Gasteiger partial charge in [-0.25, -0.2) is 0 Å². The molecule has 1 unspecified atom stereocenters. The van der Waals surface area contributed by atoms with E-state index in [4.69, 9.17) is 10.8 Å². The zero-order chi connectivity index (χ0) is 12.6. The molecule has 17 heavy (non-hydrogen) atoms. The number of hydrogen-bond donors (Lipinski definition) is 3. The average molecular weight is 232 g/mol. The summed E-state index contributed by atoms with van der Waals surface area (Å²) in [6.45, 7) is 3.97. The molecular weight excluding hydrogens is 216 g/mol. The van der Waals surface area contributed by atoms with E-state index in [2.05, 4.69) is 4.98 Å². The number of hydrogen-bond acceptors (Lipinski definition) is 2. The van der Waals surface area contributed by atoms with Crippen molar-refractivity contribution in [3.05, 3.63) is 35.0 Å². The van der Waals surface area contributed by atoms with E-state index in [1.807, 2.05) is 32.0 Å². The smallest absolute Gasteiger partial charge is 0.320 e. The first-order valence-electron chi connectivity index (χ1n) is 5.56. The number of nitrogens with one attached hydrogen (secondary N) is 1. The number of nitrogens with two attached hydrogens (primary N) is 1. The highest BCUT2D eigenvalue weighted by Crippen LogP contribution is 2.26. The van der Waals surface area contributed by atoms with Crippen LogP contribution in [0.5, 0.6) is 0 Å². The first kappa shape index (κ1) is 11.7. The molecule has 2 aromatic rings. The number of H-pyrrole nitrogens is 1. The molecule has 0 bridgehead atoms. The van der Waals surface area contributed by atoms with E-state index in [1.54, 1.807) is 0 Å². The molecule has 2 rings (SSSR count). The van der Waals surface area contributed by atoms with Crippen molar-refractivity contribution in [2.45, 2.75) is 26.3 Å². The van der Waals surface area contributed by atoms with Gasteiger partial charge in [-0.05, 0) is 31.0 Å². The minimum Gasteiger partial charge on any atom is -0.480 e. The second kappa shape index (κ2) is 4.22. The van der Waals surface area contributed by atoms with Gasteiger partial charge in [0.25, 0.3) is 0 Å². The van der Waals surface area contributed by atoms with Gasteiger partial charge in [0, 0.05) is 23.0 Å². The normalized spacial score (nSPS) is 12.9. The minimum atomic E-state index is -0.965. The maximum Gasteiger partial charge on any atom is 0.320 e. The van der Waals surface area contributed by atoms with Gasteiger partial charge in [-0.3, -0.25) is 4.79 Å². The summed E-state index contributed by atoms with van der Waals surface area (Å²) in [6, 6.07) is 5.14. The number of carboxylic acids is 1. The maximum atomic E-state index is 10.8. The van der Waals surface area contributed by atoms with Crippen molar-refractivity contribution in [1.82, 2.24) is 4.98 Å². The minimum absolute atomic E-state index is 0.353. The zero-order valence-corrected chi connectivity index (χ0v) is 9.95. The van der Waals surface area contributed by atoms with Crippen molar-refractivity contribution in [3.63, 3.8) is 0 Å². The van der Waals surface area contributed by atoms with Crippen LogP contribution in [0, 0.1) is 13.8 Å². The van der Waals surface area contributed by atoms with Crippen LogP contribution in [0.25, 0.3) is 10.9 Å². The van der Waals surface area contributed by atoms with Gasteiger partial charge in [0.1, 0.15) is 6.04 Å². The lowest BCUT2D eigenvalue weighted by Gasteiger charge is -2.07. The summed E-state index contributed by atoms with van der Waals surface area (Å²) in [5, 5.41) is 9.98. The van der Waals surface area contributed by atoms with E-state index < -0.39 is 12.0 Å². The Morgan fingerprint density at radius 3 is 2.82 bits per heavy atom. The molecule has 0 aliphatic carbocycles. The standard InChI is InChI=1S/C13H16N2O2/c1-7-4-3-5-11-12(7)9(8(2)15-11)6-10(14)13(16)17/h3-5,10,15H,6,14H2,1-2H3,(H,16,17). The molecule has 0 aliphatic heterocycles. The largest absolute Gasteiger partial charge is 0.480 e. The average Bonchev–Trinajstić information content (AvgIpc) is 2.56. The van der Waals surface area contributed by atoms with Crippen LogP contribution in [0.2, 0.25) is 0 Å². The van der Waals surface area contributed by atoms with E-state index in [-0.39, 0.29) is 0 Å². The summed E-state index contributed by atoms with van der Waals surface area (Å²) in [5.74, 6) is -0.965. The van der Waals surface area contributed by atoms with Crippen LogP contribution >= 0.6 is 0 Å². The van der Waals surface area contributed by atoms with Gasteiger partial charge in [-0.1, -0.05) is 12.1 Å². The fourth-order valence-electron chi connectivity index (χ4n) is 2.20. The Labute approximate surface area is 99.4 Å². The number of benzene rings is 1. The Balaban J connectivity index is 2.53. The van der Waals surface area contributed by atoms with E-state index >= 15 is 0 Å². The van der Waals surface area contributed by atoms with Crippen LogP contribution < -0.4 is 5.73 Å². The third-order valence-electron chi connectivity index (χ3n) is 3.09. The molecule has 0 amide bonds. The van der Waals surface area contributed by atoms with Gasteiger partial charge in [-0.15, -0.1) is 0 Å². The summed E-state index contributed by atoms with van der Waals surface area (Å²) in [6.07, 6.45) is 0.353. The van der Waals surface area contributed by atoms with Gasteiger partial charge in [-0.2, -0.15) is 0 Å². The molecule has 1 aromatic heterocycles. The van der Waals surface area contributed by atoms with Gasteiger partial charge in [0.2, 0.25) is 0 Å². The number of aromatic amines is 1. The number of carbonyl (C=O) groups is 1. The van der Waals surface area contributed by atoms with E-state index in [9.17, 15) is 4.79 Å². The fraction of sp³-hybridized carbons (Fsp3) is 0.308. The fourth-order valence-corrected chi connectivity index (χ4v) is 2.20. The maximum absolute atomic E-state index is 10.8. The van der Waals surface area contributed by atoms with Crippen LogP contribution in [0.1, 0.15) is 16.8 Å². The van der Waals surface area contributed by atoms with Crippen molar-refractivity contribution in [3.8, 4) is 0 Å². The van der Waals surface area contributed by atoms with Gasteiger partial charge in [0.05, 0.1) is 0 Å². The molecule has 1 atom stereocenters. The van der Waals surface area contributed by atoms with E-state index in [0.717, 1.165) is 27.7 Å².